The average Bonchev–Trinajstić information content (AvgIpc) is 3.20. The molecule has 1 saturated heterocycles. The molecule has 0 aromatic heterocycles. The third kappa shape index (κ3) is 4.75. The molecule has 0 bridgehead atoms. The normalized spacial score (nSPS) is 38.9. The van der Waals surface area contributed by atoms with Gasteiger partial charge in [-0.1, -0.05) is 6.92 Å². The molecule has 4 heterocycles. The van der Waals surface area contributed by atoms with Crippen LogP contribution in [0.4, 0.5) is 22.0 Å². The van der Waals surface area contributed by atoms with E-state index < -0.39 is 55.1 Å². The summed E-state index contributed by atoms with van der Waals surface area (Å²) in [4.78, 5) is 23.2. The first-order chi connectivity index (χ1) is 15.4. The zero-order chi connectivity index (χ0) is 24.1. The number of alkyl halides is 5. The highest BCUT2D eigenvalue weighted by Crippen LogP contribution is 2.43. The van der Waals surface area contributed by atoms with E-state index >= 15 is 0 Å². The van der Waals surface area contributed by atoms with Gasteiger partial charge in [-0.05, 0) is 25.7 Å². The van der Waals surface area contributed by atoms with Crippen LogP contribution in [-0.2, 0) is 9.53 Å². The molecule has 1 fully saturated rings. The summed E-state index contributed by atoms with van der Waals surface area (Å²) in [5.41, 5.74) is -1.58. The first-order valence-electron chi connectivity index (χ1n) is 10.8. The van der Waals surface area contributed by atoms with E-state index in [1.807, 2.05) is 6.92 Å². The molecule has 7 atom stereocenters. The fourth-order valence-electron chi connectivity index (χ4n) is 5.32. The summed E-state index contributed by atoms with van der Waals surface area (Å²) >= 11 is 0. The zero-order valence-electron chi connectivity index (χ0n) is 18.1. The number of fused-ring (bicyclic) bond motifs is 1. The molecular formula is C20H26F5N5O3. The minimum Gasteiger partial charge on any atom is -0.366 e. The van der Waals surface area contributed by atoms with Gasteiger partial charge in [-0.3, -0.25) is 24.7 Å². The summed E-state index contributed by atoms with van der Waals surface area (Å²) in [6.07, 6.45) is -1.54. The Morgan fingerprint density at radius 1 is 1.30 bits per heavy atom. The van der Waals surface area contributed by atoms with Crippen LogP contribution in [0.15, 0.2) is 15.1 Å². The quantitative estimate of drug-likeness (QED) is 0.611. The smallest absolute Gasteiger partial charge is 0.366 e. The van der Waals surface area contributed by atoms with E-state index in [4.69, 9.17) is 0 Å². The van der Waals surface area contributed by atoms with Gasteiger partial charge in [0.15, 0.2) is 5.72 Å². The third-order valence-electron chi connectivity index (χ3n) is 6.66. The Hall–Kier alpha value is -2.15. The van der Waals surface area contributed by atoms with E-state index in [1.54, 1.807) is 6.21 Å². The van der Waals surface area contributed by atoms with E-state index in [-0.39, 0.29) is 37.1 Å². The Morgan fingerprint density at radius 3 is 2.70 bits per heavy atom. The van der Waals surface area contributed by atoms with Crippen LogP contribution in [0.2, 0.25) is 0 Å². The number of aliphatic hydroxyl groups is 1. The number of carbonyl (C=O) groups is 1. The minimum atomic E-state index is -4.45. The van der Waals surface area contributed by atoms with Gasteiger partial charge < -0.3 is 9.84 Å². The van der Waals surface area contributed by atoms with Crippen molar-refractivity contribution in [3.63, 3.8) is 0 Å². The van der Waals surface area contributed by atoms with Gasteiger partial charge in [0.2, 0.25) is 5.91 Å². The van der Waals surface area contributed by atoms with Gasteiger partial charge >= 0.3 is 12.8 Å². The van der Waals surface area contributed by atoms with Gasteiger partial charge in [0.1, 0.15) is 6.54 Å². The largest absolute Gasteiger partial charge is 0.407 e. The van der Waals surface area contributed by atoms with Crippen LogP contribution in [0.5, 0.6) is 0 Å². The monoisotopic (exact) mass is 479 g/mol. The molecule has 7 unspecified atom stereocenters. The van der Waals surface area contributed by atoms with E-state index in [2.05, 4.69) is 19.8 Å². The summed E-state index contributed by atoms with van der Waals surface area (Å²) in [7, 11) is 0. The third-order valence-corrected chi connectivity index (χ3v) is 6.66. The van der Waals surface area contributed by atoms with Crippen molar-refractivity contribution < 1.29 is 36.6 Å². The first kappa shape index (κ1) is 24.0. The van der Waals surface area contributed by atoms with Gasteiger partial charge in [0, 0.05) is 18.3 Å². The number of hydrogen-bond donors (Lipinski definition) is 1. The lowest BCUT2D eigenvalue weighted by atomic mass is 9.77. The van der Waals surface area contributed by atoms with Crippen molar-refractivity contribution in [2.24, 2.45) is 32.8 Å². The van der Waals surface area contributed by atoms with Crippen LogP contribution < -0.4 is 0 Å². The minimum absolute atomic E-state index is 0.127. The summed E-state index contributed by atoms with van der Waals surface area (Å²) in [6.45, 7) is -0.984. The van der Waals surface area contributed by atoms with Crippen LogP contribution in [0, 0.1) is 17.8 Å². The molecule has 0 aromatic rings. The van der Waals surface area contributed by atoms with Gasteiger partial charge in [-0.15, -0.1) is 0 Å². The summed E-state index contributed by atoms with van der Waals surface area (Å²) < 4.78 is 68.0. The summed E-state index contributed by atoms with van der Waals surface area (Å²) in [6, 6.07) is -1.23. The highest BCUT2D eigenvalue weighted by Gasteiger charge is 2.59. The number of hydrazone groups is 1. The van der Waals surface area contributed by atoms with Crippen molar-refractivity contribution in [1.29, 1.82) is 0 Å². The Bertz CT molecular complexity index is 862. The van der Waals surface area contributed by atoms with Crippen LogP contribution in [0.1, 0.15) is 26.7 Å². The first-order valence-corrected chi connectivity index (χ1v) is 10.8. The standard InChI is InChI=1S/C20H26F5N5O3/c1-10-3-14(11-4-13(7-26-5-11)33-18(21)22)28-16-15(10)17(31)30(19(16,2)32)12-6-27-29(8-12)9-20(23,24)25/h5-6,10-15,18,32H,3-4,7-9H2,1-2H3. The van der Waals surface area contributed by atoms with Gasteiger partial charge in [0.25, 0.3) is 0 Å². The number of aliphatic imine (C=N–C) groups is 2. The lowest BCUT2D eigenvalue weighted by Crippen LogP contribution is -2.54. The molecule has 8 nitrogen and oxygen atoms in total. The maximum atomic E-state index is 13.3. The molecule has 13 heteroatoms. The average molecular weight is 479 g/mol. The Morgan fingerprint density at radius 2 is 2.03 bits per heavy atom. The lowest BCUT2D eigenvalue weighted by Gasteiger charge is -2.37. The number of likely N-dealkylation sites (tertiary alicyclic amines) is 1. The van der Waals surface area contributed by atoms with E-state index in [0.717, 1.165) is 9.91 Å². The molecular weight excluding hydrogens is 453 g/mol. The number of amides is 1. The molecule has 4 aliphatic heterocycles. The second-order valence-electron chi connectivity index (χ2n) is 9.23. The predicted octanol–water partition coefficient (Wildman–Crippen LogP) is 1.93. The molecule has 0 saturated carbocycles. The van der Waals surface area contributed by atoms with Crippen LogP contribution in [0.3, 0.4) is 0 Å². The number of carbonyl (C=O) groups excluding carboxylic acids is 1. The molecule has 1 N–H and O–H groups in total. The molecule has 1 amide bonds. The van der Waals surface area contributed by atoms with Crippen molar-refractivity contribution in [3.05, 3.63) is 0 Å². The fraction of sp³-hybridized carbons (Fsp3) is 0.800. The van der Waals surface area contributed by atoms with Crippen LogP contribution in [0.25, 0.3) is 0 Å². The Balaban J connectivity index is 1.54. The summed E-state index contributed by atoms with van der Waals surface area (Å²) in [5.74, 6) is -1.64. The predicted molar refractivity (Wildman–Crippen MR) is 108 cm³/mol. The lowest BCUT2D eigenvalue weighted by molar-refractivity contribution is -0.164. The number of ether oxygens (including phenoxy) is 1. The maximum Gasteiger partial charge on any atom is 0.407 e. The fourth-order valence-corrected chi connectivity index (χ4v) is 5.32. The van der Waals surface area contributed by atoms with Crippen molar-refractivity contribution in [2.75, 3.05) is 19.6 Å². The number of nitrogens with zero attached hydrogens (tertiary/aromatic N) is 5. The Labute approximate surface area is 187 Å². The molecule has 0 radical (unpaired) electrons. The van der Waals surface area contributed by atoms with E-state index in [1.165, 1.54) is 13.1 Å². The molecule has 33 heavy (non-hydrogen) atoms. The highest BCUT2D eigenvalue weighted by molar-refractivity contribution is 6.15. The van der Waals surface area contributed by atoms with E-state index in [0.29, 0.717) is 6.42 Å². The molecule has 4 aliphatic rings. The number of halogens is 5. The zero-order valence-corrected chi connectivity index (χ0v) is 18.1. The second-order valence-corrected chi connectivity index (χ2v) is 9.23. The van der Waals surface area contributed by atoms with Crippen molar-refractivity contribution >= 4 is 24.0 Å². The summed E-state index contributed by atoms with van der Waals surface area (Å²) in [5, 5.41) is 15.9. The van der Waals surface area contributed by atoms with Gasteiger partial charge in [-0.2, -0.15) is 27.1 Å². The van der Waals surface area contributed by atoms with Gasteiger partial charge in [0.05, 0.1) is 42.9 Å². The Kier molecular flexibility index (Phi) is 6.23. The highest BCUT2D eigenvalue weighted by atomic mass is 19.4. The molecule has 4 rings (SSSR count). The SMILES string of the molecule is CC1CC(C2C=NCC(OC(F)F)C2)N=C2C1C(=O)N(C1C=NN(CC(F)(F)F)C1)C2(C)O. The number of rotatable bonds is 5. The van der Waals surface area contributed by atoms with Crippen molar-refractivity contribution in [3.8, 4) is 0 Å². The molecule has 0 spiro atoms. The van der Waals surface area contributed by atoms with Gasteiger partial charge in [-0.25, -0.2) is 0 Å². The second kappa shape index (κ2) is 8.57. The van der Waals surface area contributed by atoms with Crippen LogP contribution >= 0.6 is 0 Å². The van der Waals surface area contributed by atoms with Crippen molar-refractivity contribution in [1.82, 2.24) is 9.91 Å². The molecule has 0 aliphatic carbocycles. The van der Waals surface area contributed by atoms with Crippen LogP contribution in [-0.4, -0.2) is 95.4 Å². The molecule has 0 aromatic carbocycles. The van der Waals surface area contributed by atoms with Crippen molar-refractivity contribution in [2.45, 2.75) is 63.4 Å². The molecule has 184 valence electrons. The maximum absolute atomic E-state index is 13.3. The van der Waals surface area contributed by atoms with E-state index in [9.17, 15) is 31.9 Å². The topological polar surface area (TPSA) is 90.1 Å². The number of hydrogen-bond acceptors (Lipinski definition) is 7.